The number of rotatable bonds is 2. The van der Waals surface area contributed by atoms with Gasteiger partial charge in [0.2, 0.25) is 11.8 Å². The van der Waals surface area contributed by atoms with E-state index in [-0.39, 0.29) is 17.7 Å². The van der Waals surface area contributed by atoms with Gasteiger partial charge >= 0.3 is 0 Å². The lowest BCUT2D eigenvalue weighted by molar-refractivity contribution is -0.135. The van der Waals surface area contributed by atoms with Gasteiger partial charge in [0, 0.05) is 63.1 Å². The number of fused-ring (bicyclic) bond motifs is 1. The van der Waals surface area contributed by atoms with Gasteiger partial charge in [0.05, 0.1) is 5.69 Å². The van der Waals surface area contributed by atoms with Gasteiger partial charge in [-0.15, -0.1) is 0 Å². The summed E-state index contributed by atoms with van der Waals surface area (Å²) in [4.78, 5) is 37.6. The van der Waals surface area contributed by atoms with Crippen LogP contribution in [0.5, 0.6) is 0 Å². The highest BCUT2D eigenvalue weighted by atomic mass is 16.2. The molecule has 3 aliphatic rings. The van der Waals surface area contributed by atoms with Crippen molar-refractivity contribution < 1.29 is 9.59 Å². The van der Waals surface area contributed by atoms with Crippen molar-refractivity contribution in [1.29, 1.82) is 0 Å². The summed E-state index contributed by atoms with van der Waals surface area (Å²) in [7, 11) is 0. The van der Waals surface area contributed by atoms with Gasteiger partial charge in [-0.25, -0.2) is 9.97 Å². The first-order valence-corrected chi connectivity index (χ1v) is 10.0. The molecule has 1 atom stereocenters. The van der Waals surface area contributed by atoms with Crippen LogP contribution >= 0.6 is 0 Å². The molecule has 0 radical (unpaired) electrons. The maximum Gasteiger partial charge on any atom is 0.225 e. The van der Waals surface area contributed by atoms with Crippen LogP contribution in [0.1, 0.15) is 68.4 Å². The zero-order valence-electron chi connectivity index (χ0n) is 15.6. The Bertz CT molecular complexity index is 699. The molecule has 2 fully saturated rings. The molecule has 0 N–H and O–H groups in total. The van der Waals surface area contributed by atoms with Gasteiger partial charge in [0.25, 0.3) is 0 Å². The van der Waals surface area contributed by atoms with Crippen molar-refractivity contribution in [3.63, 3.8) is 0 Å². The molecule has 3 heterocycles. The molecule has 26 heavy (non-hydrogen) atoms. The lowest BCUT2D eigenvalue weighted by atomic mass is 9.88. The first-order chi connectivity index (χ1) is 12.6. The fraction of sp³-hybridized carbons (Fsp3) is 0.700. The van der Waals surface area contributed by atoms with Crippen LogP contribution in [0, 0.1) is 5.92 Å². The van der Waals surface area contributed by atoms with Crippen LogP contribution in [0.25, 0.3) is 0 Å². The summed E-state index contributed by atoms with van der Waals surface area (Å²) in [5, 5.41) is 0. The highest BCUT2D eigenvalue weighted by Crippen LogP contribution is 2.31. The normalized spacial score (nSPS) is 23.8. The standard InChI is InChI=1S/C20H28N4O2/c1-14(25)23-10-8-18-17(13-23)11-21-19(22-18)16-7-9-24(12-16)20(26)15-5-3-2-4-6-15/h11,15-16H,2-10,12-13H2,1H3. The van der Waals surface area contributed by atoms with Crippen molar-refractivity contribution in [3.05, 3.63) is 23.3 Å². The van der Waals surface area contributed by atoms with Crippen LogP contribution in [0.3, 0.4) is 0 Å². The summed E-state index contributed by atoms with van der Waals surface area (Å²) in [5.41, 5.74) is 2.13. The van der Waals surface area contributed by atoms with Crippen molar-refractivity contribution in [2.24, 2.45) is 5.92 Å². The minimum Gasteiger partial charge on any atom is -0.342 e. The van der Waals surface area contributed by atoms with E-state index in [0.717, 1.165) is 62.4 Å². The average molecular weight is 356 g/mol. The van der Waals surface area contributed by atoms with Crippen LogP contribution in [0.15, 0.2) is 6.20 Å². The molecule has 4 rings (SSSR count). The molecule has 2 amide bonds. The third-order valence-electron chi connectivity index (χ3n) is 6.22. The molecule has 6 heteroatoms. The molecule has 1 saturated carbocycles. The fourth-order valence-corrected chi connectivity index (χ4v) is 4.58. The second kappa shape index (κ2) is 7.33. The summed E-state index contributed by atoms with van der Waals surface area (Å²) in [5.74, 6) is 1.82. The van der Waals surface area contributed by atoms with E-state index in [0.29, 0.717) is 12.5 Å². The van der Waals surface area contributed by atoms with Crippen LogP contribution in [0.2, 0.25) is 0 Å². The Morgan fingerprint density at radius 2 is 1.88 bits per heavy atom. The van der Waals surface area contributed by atoms with Crippen molar-refractivity contribution in [2.45, 2.75) is 64.3 Å². The predicted molar refractivity (Wildman–Crippen MR) is 97.3 cm³/mol. The molecule has 0 bridgehead atoms. The van der Waals surface area contributed by atoms with Crippen molar-refractivity contribution in [2.75, 3.05) is 19.6 Å². The number of carbonyl (C=O) groups excluding carboxylic acids is 2. The molecular formula is C20H28N4O2. The summed E-state index contributed by atoms with van der Waals surface area (Å²) in [6.45, 7) is 4.54. The quantitative estimate of drug-likeness (QED) is 0.815. The molecule has 1 aromatic heterocycles. The van der Waals surface area contributed by atoms with Gasteiger partial charge in [0.1, 0.15) is 5.82 Å². The van der Waals surface area contributed by atoms with E-state index in [4.69, 9.17) is 4.98 Å². The second-order valence-electron chi connectivity index (χ2n) is 8.00. The minimum atomic E-state index is 0.104. The van der Waals surface area contributed by atoms with Gasteiger partial charge < -0.3 is 9.80 Å². The van der Waals surface area contributed by atoms with Crippen LogP contribution in [0.4, 0.5) is 0 Å². The monoisotopic (exact) mass is 356 g/mol. The van der Waals surface area contributed by atoms with Crippen molar-refractivity contribution in [3.8, 4) is 0 Å². The smallest absolute Gasteiger partial charge is 0.225 e. The number of likely N-dealkylation sites (tertiary alicyclic amines) is 1. The Labute approximate surface area is 155 Å². The SMILES string of the molecule is CC(=O)N1CCc2nc(C3CCN(C(=O)C4CCCCC4)C3)ncc2C1. The number of nitrogens with zero attached hydrogens (tertiary/aromatic N) is 4. The van der Waals surface area contributed by atoms with Crippen LogP contribution < -0.4 is 0 Å². The molecule has 1 saturated heterocycles. The van der Waals surface area contributed by atoms with Crippen molar-refractivity contribution in [1.82, 2.24) is 19.8 Å². The molecule has 1 unspecified atom stereocenters. The molecule has 0 aromatic carbocycles. The molecule has 2 aliphatic heterocycles. The number of amides is 2. The van der Waals surface area contributed by atoms with E-state index in [2.05, 4.69) is 4.98 Å². The maximum absolute atomic E-state index is 12.8. The van der Waals surface area contributed by atoms with E-state index in [1.54, 1.807) is 6.92 Å². The first-order valence-electron chi connectivity index (χ1n) is 10.0. The Hall–Kier alpha value is -1.98. The zero-order valence-corrected chi connectivity index (χ0v) is 15.6. The average Bonchev–Trinajstić information content (AvgIpc) is 3.17. The summed E-state index contributed by atoms with van der Waals surface area (Å²) in [6.07, 6.45) is 9.41. The van der Waals surface area contributed by atoms with Crippen LogP contribution in [-0.4, -0.2) is 51.2 Å². The van der Waals surface area contributed by atoms with Gasteiger partial charge in [-0.1, -0.05) is 19.3 Å². The first kappa shape index (κ1) is 17.4. The summed E-state index contributed by atoms with van der Waals surface area (Å²) < 4.78 is 0. The third-order valence-corrected chi connectivity index (χ3v) is 6.22. The molecule has 1 aliphatic carbocycles. The van der Waals surface area contributed by atoms with E-state index in [1.807, 2.05) is 16.0 Å². The topological polar surface area (TPSA) is 66.4 Å². The van der Waals surface area contributed by atoms with Gasteiger partial charge in [-0.2, -0.15) is 0 Å². The van der Waals surface area contributed by atoms with Crippen molar-refractivity contribution >= 4 is 11.8 Å². The molecular weight excluding hydrogens is 328 g/mol. The van der Waals surface area contributed by atoms with E-state index < -0.39 is 0 Å². The van der Waals surface area contributed by atoms with E-state index >= 15 is 0 Å². The van der Waals surface area contributed by atoms with Gasteiger partial charge in [-0.3, -0.25) is 9.59 Å². The Kier molecular flexibility index (Phi) is 4.92. The zero-order chi connectivity index (χ0) is 18.1. The summed E-state index contributed by atoms with van der Waals surface area (Å²) in [6, 6.07) is 0. The lowest BCUT2D eigenvalue weighted by Crippen LogP contribution is -2.36. The highest BCUT2D eigenvalue weighted by Gasteiger charge is 2.33. The largest absolute Gasteiger partial charge is 0.342 e. The molecule has 6 nitrogen and oxygen atoms in total. The Morgan fingerprint density at radius 3 is 2.65 bits per heavy atom. The fourth-order valence-electron chi connectivity index (χ4n) is 4.58. The Balaban J connectivity index is 1.41. The summed E-state index contributed by atoms with van der Waals surface area (Å²) >= 11 is 0. The maximum atomic E-state index is 12.8. The molecule has 1 aromatic rings. The van der Waals surface area contributed by atoms with Crippen LogP contribution in [-0.2, 0) is 22.6 Å². The minimum absolute atomic E-state index is 0.104. The van der Waals surface area contributed by atoms with E-state index in [9.17, 15) is 9.59 Å². The second-order valence-corrected chi connectivity index (χ2v) is 8.00. The third kappa shape index (κ3) is 3.46. The molecule has 140 valence electrons. The number of hydrogen-bond donors (Lipinski definition) is 0. The number of carbonyl (C=O) groups is 2. The van der Waals surface area contributed by atoms with Gasteiger partial charge in [-0.05, 0) is 19.3 Å². The number of hydrogen-bond acceptors (Lipinski definition) is 4. The Morgan fingerprint density at radius 1 is 1.08 bits per heavy atom. The van der Waals surface area contributed by atoms with E-state index in [1.165, 1.54) is 19.3 Å². The van der Waals surface area contributed by atoms with Gasteiger partial charge in [0.15, 0.2) is 0 Å². The lowest BCUT2D eigenvalue weighted by Gasteiger charge is -2.27. The highest BCUT2D eigenvalue weighted by molar-refractivity contribution is 5.79. The predicted octanol–water partition coefficient (Wildman–Crippen LogP) is 2.28. The number of aromatic nitrogens is 2. The molecule has 0 spiro atoms.